The predicted octanol–water partition coefficient (Wildman–Crippen LogP) is 3.40. The Balaban J connectivity index is 1.77. The van der Waals surface area contributed by atoms with E-state index in [1.54, 1.807) is 23.1 Å². The van der Waals surface area contributed by atoms with Gasteiger partial charge in [-0.3, -0.25) is 14.9 Å². The normalized spacial score (nSPS) is 17.1. The number of rotatable bonds is 3. The second-order valence-electron chi connectivity index (χ2n) is 5.43. The summed E-state index contributed by atoms with van der Waals surface area (Å²) in [6, 6.07) is 4.12. The molecule has 2 aromatic rings. The molecule has 0 spiro atoms. The number of hydrogen-bond donors (Lipinski definition) is 1. The molecule has 6 nitrogen and oxygen atoms in total. The zero-order valence-corrected chi connectivity index (χ0v) is 15.1. The molecule has 0 unspecified atom stereocenters. The SMILES string of the molecule is Cc1nnc(NC(=O)[C@@H]2CCCN2C(=O)c2cc(Cl)cc(Cl)c2)s1. The maximum Gasteiger partial charge on any atom is 0.254 e. The van der Waals surface area contributed by atoms with Gasteiger partial charge in [0.2, 0.25) is 11.0 Å². The number of amides is 2. The molecule has 2 amide bonds. The Morgan fingerprint density at radius 3 is 2.58 bits per heavy atom. The minimum absolute atomic E-state index is 0.259. The van der Waals surface area contributed by atoms with Crippen LogP contribution in [0.25, 0.3) is 0 Å². The quantitative estimate of drug-likeness (QED) is 0.879. The Bertz CT molecular complexity index is 775. The summed E-state index contributed by atoms with van der Waals surface area (Å²) < 4.78 is 0. The van der Waals surface area contributed by atoms with Gasteiger partial charge in [-0.25, -0.2) is 0 Å². The molecule has 0 saturated carbocycles. The molecular weight excluding hydrogens is 371 g/mol. The van der Waals surface area contributed by atoms with Crippen LogP contribution in [-0.2, 0) is 4.79 Å². The summed E-state index contributed by atoms with van der Waals surface area (Å²) in [4.78, 5) is 26.8. The van der Waals surface area contributed by atoms with Gasteiger partial charge in [-0.05, 0) is 38.0 Å². The molecule has 24 heavy (non-hydrogen) atoms. The summed E-state index contributed by atoms with van der Waals surface area (Å²) in [6.07, 6.45) is 1.36. The number of aryl methyl sites for hydroxylation is 1. The molecule has 126 valence electrons. The van der Waals surface area contributed by atoms with Crippen molar-refractivity contribution < 1.29 is 9.59 Å². The van der Waals surface area contributed by atoms with E-state index in [2.05, 4.69) is 15.5 Å². The van der Waals surface area contributed by atoms with Crippen LogP contribution in [-0.4, -0.2) is 39.5 Å². The monoisotopic (exact) mass is 384 g/mol. The van der Waals surface area contributed by atoms with Crippen molar-refractivity contribution in [2.45, 2.75) is 25.8 Å². The number of likely N-dealkylation sites (tertiary alicyclic amines) is 1. The number of aromatic nitrogens is 2. The van der Waals surface area contributed by atoms with E-state index in [0.29, 0.717) is 33.7 Å². The summed E-state index contributed by atoms with van der Waals surface area (Å²) in [7, 11) is 0. The first kappa shape index (κ1) is 17.1. The third-order valence-electron chi connectivity index (χ3n) is 3.68. The number of nitrogens with zero attached hydrogens (tertiary/aromatic N) is 3. The standard InChI is InChI=1S/C15H14Cl2N4O2S/c1-8-19-20-15(24-8)18-13(22)12-3-2-4-21(12)14(23)9-5-10(16)7-11(17)6-9/h5-7,12H,2-4H2,1H3,(H,18,20,22)/t12-/m0/s1. The lowest BCUT2D eigenvalue weighted by Gasteiger charge is -2.23. The topological polar surface area (TPSA) is 75.2 Å². The van der Waals surface area contributed by atoms with Gasteiger partial charge in [0.05, 0.1) is 0 Å². The van der Waals surface area contributed by atoms with Gasteiger partial charge in [-0.1, -0.05) is 34.5 Å². The second-order valence-corrected chi connectivity index (χ2v) is 7.48. The fraction of sp³-hybridized carbons (Fsp3) is 0.333. The molecule has 1 aliphatic heterocycles. The number of nitrogens with one attached hydrogen (secondary N) is 1. The Labute approximate surface area is 152 Å². The van der Waals surface area contributed by atoms with Gasteiger partial charge in [0.25, 0.3) is 5.91 Å². The molecule has 2 heterocycles. The van der Waals surface area contributed by atoms with E-state index in [9.17, 15) is 9.59 Å². The molecule has 1 saturated heterocycles. The molecule has 1 fully saturated rings. The van der Waals surface area contributed by atoms with Crippen LogP contribution in [0.1, 0.15) is 28.2 Å². The molecule has 1 aliphatic rings. The fourth-order valence-corrected chi connectivity index (χ4v) is 3.78. The van der Waals surface area contributed by atoms with Crippen LogP contribution in [0.4, 0.5) is 5.13 Å². The summed E-state index contributed by atoms with van der Waals surface area (Å²) in [5.74, 6) is -0.518. The molecule has 1 atom stereocenters. The Hall–Kier alpha value is -1.70. The van der Waals surface area contributed by atoms with E-state index in [1.165, 1.54) is 11.3 Å². The summed E-state index contributed by atoms with van der Waals surface area (Å²) in [6.45, 7) is 2.32. The minimum atomic E-state index is -0.542. The highest BCUT2D eigenvalue weighted by Gasteiger charge is 2.35. The van der Waals surface area contributed by atoms with Gasteiger partial charge < -0.3 is 4.90 Å². The molecule has 0 radical (unpaired) electrons. The van der Waals surface area contributed by atoms with Gasteiger partial charge in [-0.2, -0.15) is 0 Å². The first-order valence-corrected chi connectivity index (χ1v) is 8.89. The molecule has 3 rings (SSSR count). The summed E-state index contributed by atoms with van der Waals surface area (Å²) in [5.41, 5.74) is 0.374. The maximum absolute atomic E-state index is 12.7. The zero-order valence-electron chi connectivity index (χ0n) is 12.8. The molecule has 1 aromatic heterocycles. The first-order chi connectivity index (χ1) is 11.4. The highest BCUT2D eigenvalue weighted by atomic mass is 35.5. The number of benzene rings is 1. The lowest BCUT2D eigenvalue weighted by atomic mass is 10.1. The lowest BCUT2D eigenvalue weighted by Crippen LogP contribution is -2.43. The Morgan fingerprint density at radius 1 is 1.25 bits per heavy atom. The number of carbonyl (C=O) groups excluding carboxylic acids is 2. The van der Waals surface area contributed by atoms with Crippen LogP contribution in [0.3, 0.4) is 0 Å². The van der Waals surface area contributed by atoms with Gasteiger partial charge in [0, 0.05) is 22.2 Å². The fourth-order valence-electron chi connectivity index (χ4n) is 2.66. The van der Waals surface area contributed by atoms with Crippen molar-refractivity contribution in [3.05, 3.63) is 38.8 Å². The summed E-state index contributed by atoms with van der Waals surface area (Å²) in [5, 5.41) is 12.4. The highest BCUT2D eigenvalue weighted by molar-refractivity contribution is 7.15. The van der Waals surface area contributed by atoms with E-state index in [0.717, 1.165) is 11.4 Å². The van der Waals surface area contributed by atoms with E-state index in [1.807, 2.05) is 6.92 Å². The van der Waals surface area contributed by atoms with E-state index >= 15 is 0 Å². The summed E-state index contributed by atoms with van der Waals surface area (Å²) >= 11 is 13.2. The van der Waals surface area contributed by atoms with Gasteiger partial charge >= 0.3 is 0 Å². The first-order valence-electron chi connectivity index (χ1n) is 7.32. The van der Waals surface area contributed by atoms with Crippen molar-refractivity contribution >= 4 is 51.5 Å². The van der Waals surface area contributed by atoms with Crippen LogP contribution in [0.15, 0.2) is 18.2 Å². The molecule has 1 aromatic carbocycles. The van der Waals surface area contributed by atoms with Crippen LogP contribution < -0.4 is 5.32 Å². The molecule has 9 heteroatoms. The van der Waals surface area contributed by atoms with E-state index in [-0.39, 0.29) is 11.8 Å². The number of hydrogen-bond acceptors (Lipinski definition) is 5. The average molecular weight is 385 g/mol. The Kier molecular flexibility index (Phi) is 5.03. The highest BCUT2D eigenvalue weighted by Crippen LogP contribution is 2.25. The van der Waals surface area contributed by atoms with Gasteiger partial charge in [0.1, 0.15) is 11.0 Å². The average Bonchev–Trinajstić information content (AvgIpc) is 3.14. The van der Waals surface area contributed by atoms with Crippen molar-refractivity contribution in [2.24, 2.45) is 0 Å². The number of halogens is 2. The van der Waals surface area contributed by atoms with Crippen LogP contribution in [0, 0.1) is 6.92 Å². The Morgan fingerprint density at radius 2 is 1.96 bits per heavy atom. The van der Waals surface area contributed by atoms with Crippen LogP contribution >= 0.6 is 34.5 Å². The largest absolute Gasteiger partial charge is 0.327 e. The van der Waals surface area contributed by atoms with Gasteiger partial charge in [-0.15, -0.1) is 10.2 Å². The van der Waals surface area contributed by atoms with E-state index < -0.39 is 6.04 Å². The van der Waals surface area contributed by atoms with Crippen molar-refractivity contribution in [1.29, 1.82) is 0 Å². The molecule has 0 bridgehead atoms. The number of anilines is 1. The lowest BCUT2D eigenvalue weighted by molar-refractivity contribution is -0.119. The molecule has 1 N–H and O–H groups in total. The smallest absolute Gasteiger partial charge is 0.254 e. The van der Waals surface area contributed by atoms with Crippen LogP contribution in [0.5, 0.6) is 0 Å². The molecular formula is C15H14Cl2N4O2S. The predicted molar refractivity (Wildman–Crippen MR) is 93.8 cm³/mol. The van der Waals surface area contributed by atoms with Crippen molar-refractivity contribution in [2.75, 3.05) is 11.9 Å². The van der Waals surface area contributed by atoms with Crippen LogP contribution in [0.2, 0.25) is 10.0 Å². The zero-order chi connectivity index (χ0) is 17.3. The second kappa shape index (κ2) is 7.04. The minimum Gasteiger partial charge on any atom is -0.327 e. The van der Waals surface area contributed by atoms with Crippen molar-refractivity contribution in [1.82, 2.24) is 15.1 Å². The molecule has 0 aliphatic carbocycles. The van der Waals surface area contributed by atoms with Crippen molar-refractivity contribution in [3.63, 3.8) is 0 Å². The van der Waals surface area contributed by atoms with E-state index in [4.69, 9.17) is 23.2 Å². The van der Waals surface area contributed by atoms with Crippen molar-refractivity contribution in [3.8, 4) is 0 Å². The third kappa shape index (κ3) is 3.68. The maximum atomic E-state index is 12.7. The van der Waals surface area contributed by atoms with Gasteiger partial charge in [0.15, 0.2) is 0 Å². The third-order valence-corrected chi connectivity index (χ3v) is 4.87. The number of carbonyl (C=O) groups is 2.